The minimum absolute atomic E-state index is 0.0538. The van der Waals surface area contributed by atoms with Gasteiger partial charge in [-0.25, -0.2) is 4.79 Å². The van der Waals surface area contributed by atoms with Crippen LogP contribution in [0.25, 0.3) is 11.1 Å². The van der Waals surface area contributed by atoms with Crippen LogP contribution in [0.2, 0.25) is 0 Å². The van der Waals surface area contributed by atoms with Gasteiger partial charge in [0.25, 0.3) is 0 Å². The lowest BCUT2D eigenvalue weighted by molar-refractivity contribution is -0.140. The normalized spacial score (nSPS) is 13.5. The molecule has 2 atom stereocenters. The number of carboxylic acid groups (broad SMARTS) is 1. The van der Waals surface area contributed by atoms with E-state index in [1.165, 1.54) is 0 Å². The highest BCUT2D eigenvalue weighted by Crippen LogP contribution is 2.44. The van der Waals surface area contributed by atoms with Crippen LogP contribution >= 0.6 is 0 Å². The van der Waals surface area contributed by atoms with Crippen LogP contribution in [-0.4, -0.2) is 45.5 Å². The number of carbonyl (C=O) groups is 3. The second kappa shape index (κ2) is 11.9. The summed E-state index contributed by atoms with van der Waals surface area (Å²) in [7, 11) is 0. The maximum absolute atomic E-state index is 13.0. The molecule has 2 unspecified atom stereocenters. The number of nitrogens with one attached hydrogen (secondary N) is 2. The molecule has 0 saturated carbocycles. The van der Waals surface area contributed by atoms with Crippen LogP contribution in [0.4, 0.5) is 4.79 Å². The second-order valence-electron chi connectivity index (χ2n) is 9.81. The third-order valence-electron chi connectivity index (χ3n) is 7.03. The van der Waals surface area contributed by atoms with Crippen molar-refractivity contribution in [1.82, 2.24) is 20.4 Å². The highest BCUT2D eigenvalue weighted by atomic mass is 16.5. The highest BCUT2D eigenvalue weighted by Gasteiger charge is 2.30. The molecular formula is C31H30N4O5. The molecule has 1 aliphatic carbocycles. The first-order chi connectivity index (χ1) is 19.4. The van der Waals surface area contributed by atoms with Crippen molar-refractivity contribution in [2.75, 3.05) is 6.61 Å². The van der Waals surface area contributed by atoms with Crippen LogP contribution in [0.1, 0.15) is 47.6 Å². The van der Waals surface area contributed by atoms with Gasteiger partial charge in [-0.2, -0.15) is 5.10 Å². The van der Waals surface area contributed by atoms with Crippen LogP contribution in [-0.2, 0) is 20.9 Å². The zero-order valence-corrected chi connectivity index (χ0v) is 22.0. The summed E-state index contributed by atoms with van der Waals surface area (Å²) in [6.07, 6.45) is 2.03. The minimum atomic E-state index is -1.31. The number of fused-ring (bicyclic) bond motifs is 3. The number of hydrogen-bond donors (Lipinski definition) is 3. The van der Waals surface area contributed by atoms with E-state index >= 15 is 0 Å². The standard InChI is InChI=1S/C31H30N4O5/c1-20(22-16-32-35(18-22)17-21-9-3-2-4-10-21)33-30(38)28(15-29(36)37)34-31(39)40-19-27-25-13-7-5-11-23(25)24-12-6-8-14-26(24)27/h2-14,16,18,20,27-28H,15,17,19H2,1H3,(H,33,38)(H,34,39)(H,36,37). The number of hydrogen-bond acceptors (Lipinski definition) is 5. The van der Waals surface area contributed by atoms with E-state index in [-0.39, 0.29) is 12.5 Å². The molecule has 0 spiro atoms. The number of alkyl carbamates (subject to hydrolysis) is 1. The van der Waals surface area contributed by atoms with Gasteiger partial charge in [0.05, 0.1) is 25.2 Å². The van der Waals surface area contributed by atoms with E-state index in [4.69, 9.17) is 4.74 Å². The van der Waals surface area contributed by atoms with Gasteiger partial charge in [0.15, 0.2) is 0 Å². The molecule has 9 heteroatoms. The van der Waals surface area contributed by atoms with E-state index in [0.29, 0.717) is 6.54 Å². The average Bonchev–Trinajstić information content (AvgIpc) is 3.54. The number of ether oxygens (including phenoxy) is 1. The molecule has 0 saturated heterocycles. The third-order valence-corrected chi connectivity index (χ3v) is 7.03. The van der Waals surface area contributed by atoms with Crippen LogP contribution in [0.5, 0.6) is 0 Å². The Labute approximate surface area is 231 Å². The maximum atomic E-state index is 13.0. The van der Waals surface area contributed by atoms with Crippen molar-refractivity contribution in [2.24, 2.45) is 0 Å². The lowest BCUT2D eigenvalue weighted by Gasteiger charge is -2.20. The summed E-state index contributed by atoms with van der Waals surface area (Å²) in [5.41, 5.74) is 6.13. The Morgan fingerprint density at radius 3 is 2.20 bits per heavy atom. The van der Waals surface area contributed by atoms with Gasteiger partial charge in [-0.05, 0) is 34.7 Å². The van der Waals surface area contributed by atoms with E-state index < -0.39 is 36.5 Å². The van der Waals surface area contributed by atoms with Gasteiger partial charge in [-0.15, -0.1) is 0 Å². The molecule has 204 valence electrons. The first kappa shape index (κ1) is 26.7. The minimum Gasteiger partial charge on any atom is -0.481 e. The number of benzene rings is 3. The quantitative estimate of drug-likeness (QED) is 0.273. The monoisotopic (exact) mass is 538 g/mol. The molecule has 1 heterocycles. The molecule has 3 aromatic carbocycles. The lowest BCUT2D eigenvalue weighted by atomic mass is 9.98. The van der Waals surface area contributed by atoms with E-state index in [2.05, 4.69) is 15.7 Å². The van der Waals surface area contributed by atoms with Crippen molar-refractivity contribution in [1.29, 1.82) is 0 Å². The van der Waals surface area contributed by atoms with Crippen LogP contribution in [0.3, 0.4) is 0 Å². The topological polar surface area (TPSA) is 123 Å². The average molecular weight is 539 g/mol. The molecular weight excluding hydrogens is 508 g/mol. The molecule has 2 amide bonds. The molecule has 40 heavy (non-hydrogen) atoms. The molecule has 0 fully saturated rings. The zero-order chi connectivity index (χ0) is 28.1. The molecule has 3 N–H and O–H groups in total. The summed E-state index contributed by atoms with van der Waals surface area (Å²) in [6.45, 7) is 2.40. The highest BCUT2D eigenvalue weighted by molar-refractivity contribution is 5.89. The van der Waals surface area contributed by atoms with Crippen LogP contribution in [0, 0.1) is 0 Å². The largest absolute Gasteiger partial charge is 0.481 e. The van der Waals surface area contributed by atoms with Crippen molar-refractivity contribution >= 4 is 18.0 Å². The summed E-state index contributed by atoms with van der Waals surface area (Å²) in [6, 6.07) is 24.0. The number of amides is 2. The first-order valence-electron chi connectivity index (χ1n) is 13.1. The van der Waals surface area contributed by atoms with E-state index in [9.17, 15) is 19.5 Å². The summed E-state index contributed by atoms with van der Waals surface area (Å²) in [5, 5.41) is 19.0. The predicted molar refractivity (Wildman–Crippen MR) is 149 cm³/mol. The van der Waals surface area contributed by atoms with Crippen LogP contribution < -0.4 is 10.6 Å². The Morgan fingerprint density at radius 2 is 1.55 bits per heavy atom. The number of aromatic nitrogens is 2. The summed E-state index contributed by atoms with van der Waals surface area (Å²) < 4.78 is 7.28. The van der Waals surface area contributed by atoms with Crippen molar-refractivity contribution in [2.45, 2.75) is 37.9 Å². The first-order valence-corrected chi connectivity index (χ1v) is 13.1. The van der Waals surface area contributed by atoms with E-state index in [1.807, 2.05) is 85.1 Å². The Kier molecular flexibility index (Phi) is 7.91. The fourth-order valence-corrected chi connectivity index (χ4v) is 5.02. The van der Waals surface area contributed by atoms with Crippen molar-refractivity contribution in [3.63, 3.8) is 0 Å². The summed E-state index contributed by atoms with van der Waals surface area (Å²) >= 11 is 0. The fourth-order valence-electron chi connectivity index (χ4n) is 5.02. The fraction of sp³-hybridized carbons (Fsp3) is 0.226. The van der Waals surface area contributed by atoms with Crippen molar-refractivity contribution < 1.29 is 24.2 Å². The molecule has 1 aliphatic rings. The molecule has 5 rings (SSSR count). The second-order valence-corrected chi connectivity index (χ2v) is 9.81. The number of carboxylic acids is 1. The van der Waals surface area contributed by atoms with Crippen molar-refractivity contribution in [3.8, 4) is 11.1 Å². The Balaban J connectivity index is 1.20. The Morgan fingerprint density at radius 1 is 0.925 bits per heavy atom. The van der Waals surface area contributed by atoms with Gasteiger partial charge < -0.3 is 20.5 Å². The molecule has 0 aliphatic heterocycles. The summed E-state index contributed by atoms with van der Waals surface area (Å²) in [5.74, 6) is -2.00. The van der Waals surface area contributed by atoms with E-state index in [1.54, 1.807) is 17.8 Å². The van der Waals surface area contributed by atoms with Crippen molar-refractivity contribution in [3.05, 3.63) is 114 Å². The van der Waals surface area contributed by atoms with Gasteiger partial charge >= 0.3 is 12.1 Å². The number of rotatable bonds is 10. The Hall–Kier alpha value is -4.92. The lowest BCUT2D eigenvalue weighted by Crippen LogP contribution is -2.48. The molecule has 0 radical (unpaired) electrons. The van der Waals surface area contributed by atoms with Gasteiger partial charge in [-0.1, -0.05) is 78.9 Å². The van der Waals surface area contributed by atoms with Gasteiger partial charge in [0.2, 0.25) is 5.91 Å². The SMILES string of the molecule is CC(NC(=O)C(CC(=O)O)NC(=O)OCC1c2ccccc2-c2ccccc21)c1cnn(Cc2ccccc2)c1. The van der Waals surface area contributed by atoms with Gasteiger partial charge in [0, 0.05) is 17.7 Å². The third kappa shape index (κ3) is 6.04. The molecule has 4 aromatic rings. The van der Waals surface area contributed by atoms with E-state index in [0.717, 1.165) is 33.4 Å². The zero-order valence-electron chi connectivity index (χ0n) is 22.0. The molecule has 9 nitrogen and oxygen atoms in total. The Bertz CT molecular complexity index is 1470. The number of nitrogens with zero attached hydrogens (tertiary/aromatic N) is 2. The maximum Gasteiger partial charge on any atom is 0.407 e. The predicted octanol–water partition coefficient (Wildman–Crippen LogP) is 4.49. The molecule has 1 aromatic heterocycles. The number of carbonyl (C=O) groups excluding carboxylic acids is 2. The van der Waals surface area contributed by atoms with Gasteiger partial charge in [0.1, 0.15) is 12.6 Å². The number of aliphatic carboxylic acids is 1. The van der Waals surface area contributed by atoms with Gasteiger partial charge in [-0.3, -0.25) is 14.3 Å². The smallest absolute Gasteiger partial charge is 0.407 e. The molecule has 0 bridgehead atoms. The van der Waals surface area contributed by atoms with Crippen LogP contribution in [0.15, 0.2) is 91.3 Å². The summed E-state index contributed by atoms with van der Waals surface area (Å²) in [4.78, 5) is 37.2.